The van der Waals surface area contributed by atoms with Crippen LogP contribution in [0.3, 0.4) is 0 Å². The van der Waals surface area contributed by atoms with Gasteiger partial charge in [0, 0.05) is 10.2 Å². The third kappa shape index (κ3) is 3.27. The Morgan fingerprint density at radius 3 is 2.75 bits per heavy atom. The van der Waals surface area contributed by atoms with Crippen LogP contribution < -0.4 is 11.1 Å². The summed E-state index contributed by atoms with van der Waals surface area (Å²) in [5.41, 5.74) is 8.44. The number of methoxy groups -OCH3 is 1. The van der Waals surface area contributed by atoms with Gasteiger partial charge in [-0.3, -0.25) is 0 Å². The Bertz CT molecular complexity index is 639. The lowest BCUT2D eigenvalue weighted by Gasteiger charge is -2.10. The number of halogens is 1. The van der Waals surface area contributed by atoms with E-state index >= 15 is 0 Å². The summed E-state index contributed by atoms with van der Waals surface area (Å²) in [4.78, 5) is 15.6. The zero-order valence-electron chi connectivity index (χ0n) is 11.1. The standard InChI is InChI=1S/C14H14BrN3O2/c1-8-5-9(15)7-10(6-8)17-13-11(16)3-4-12(18-13)14(19)20-2/h3-7H,16H2,1-2H3,(H,17,18). The summed E-state index contributed by atoms with van der Waals surface area (Å²) in [6.45, 7) is 1.98. The Morgan fingerprint density at radius 1 is 1.35 bits per heavy atom. The normalized spacial score (nSPS) is 10.2. The van der Waals surface area contributed by atoms with Crippen LogP contribution in [-0.2, 0) is 4.74 Å². The highest BCUT2D eigenvalue weighted by Gasteiger charge is 2.10. The second-order valence-electron chi connectivity index (χ2n) is 4.27. The van der Waals surface area contributed by atoms with Crippen LogP contribution in [0.15, 0.2) is 34.8 Å². The number of ether oxygens (including phenoxy) is 1. The Balaban J connectivity index is 2.34. The summed E-state index contributed by atoms with van der Waals surface area (Å²) in [6.07, 6.45) is 0. The van der Waals surface area contributed by atoms with E-state index in [0.717, 1.165) is 15.7 Å². The van der Waals surface area contributed by atoms with Crippen molar-refractivity contribution in [2.45, 2.75) is 6.92 Å². The van der Waals surface area contributed by atoms with Crippen molar-refractivity contribution in [2.24, 2.45) is 0 Å². The van der Waals surface area contributed by atoms with Crippen molar-refractivity contribution in [1.29, 1.82) is 0 Å². The van der Waals surface area contributed by atoms with Crippen LogP contribution in [0, 0.1) is 6.92 Å². The molecule has 0 amide bonds. The molecule has 0 aliphatic rings. The maximum absolute atomic E-state index is 11.5. The molecule has 104 valence electrons. The molecule has 1 aromatic heterocycles. The highest BCUT2D eigenvalue weighted by atomic mass is 79.9. The molecule has 0 spiro atoms. The number of esters is 1. The van der Waals surface area contributed by atoms with Crippen molar-refractivity contribution < 1.29 is 9.53 Å². The molecule has 20 heavy (non-hydrogen) atoms. The molecule has 0 fully saturated rings. The lowest BCUT2D eigenvalue weighted by molar-refractivity contribution is 0.0594. The molecule has 3 N–H and O–H groups in total. The number of carbonyl (C=O) groups is 1. The van der Waals surface area contributed by atoms with Gasteiger partial charge in [-0.2, -0.15) is 0 Å². The number of aryl methyl sites for hydroxylation is 1. The molecule has 0 unspecified atom stereocenters. The lowest BCUT2D eigenvalue weighted by Crippen LogP contribution is -2.08. The third-order valence-corrected chi connectivity index (χ3v) is 3.08. The van der Waals surface area contributed by atoms with Crippen molar-refractivity contribution in [3.05, 3.63) is 46.1 Å². The second-order valence-corrected chi connectivity index (χ2v) is 5.18. The summed E-state index contributed by atoms with van der Waals surface area (Å²) in [5, 5.41) is 3.10. The molecule has 0 radical (unpaired) electrons. The van der Waals surface area contributed by atoms with Crippen molar-refractivity contribution in [1.82, 2.24) is 4.98 Å². The van der Waals surface area contributed by atoms with E-state index in [2.05, 4.69) is 31.0 Å². The largest absolute Gasteiger partial charge is 0.464 e. The van der Waals surface area contributed by atoms with Crippen molar-refractivity contribution in [3.8, 4) is 0 Å². The summed E-state index contributed by atoms with van der Waals surface area (Å²) in [7, 11) is 1.31. The summed E-state index contributed by atoms with van der Waals surface area (Å²) < 4.78 is 5.59. The Kier molecular flexibility index (Phi) is 4.24. The van der Waals surface area contributed by atoms with Crippen LogP contribution in [0.25, 0.3) is 0 Å². The van der Waals surface area contributed by atoms with Crippen molar-refractivity contribution in [2.75, 3.05) is 18.2 Å². The topological polar surface area (TPSA) is 77.2 Å². The molecule has 0 aliphatic heterocycles. The molecule has 0 aliphatic carbocycles. The van der Waals surface area contributed by atoms with Crippen LogP contribution in [-0.4, -0.2) is 18.1 Å². The fourth-order valence-electron chi connectivity index (χ4n) is 1.73. The SMILES string of the molecule is COC(=O)c1ccc(N)c(Nc2cc(C)cc(Br)c2)n1. The molecule has 0 bridgehead atoms. The third-order valence-electron chi connectivity index (χ3n) is 2.63. The number of nitrogen functional groups attached to an aromatic ring is 1. The van der Waals surface area contributed by atoms with Gasteiger partial charge in [-0.25, -0.2) is 9.78 Å². The first-order valence-electron chi connectivity index (χ1n) is 5.88. The fourth-order valence-corrected chi connectivity index (χ4v) is 2.34. The number of carbonyl (C=O) groups excluding carboxylic acids is 1. The van der Waals surface area contributed by atoms with Gasteiger partial charge in [-0.05, 0) is 42.8 Å². The minimum absolute atomic E-state index is 0.205. The smallest absolute Gasteiger partial charge is 0.356 e. The van der Waals surface area contributed by atoms with Crippen LogP contribution in [0.1, 0.15) is 16.1 Å². The predicted molar refractivity (Wildman–Crippen MR) is 82.2 cm³/mol. The highest BCUT2D eigenvalue weighted by Crippen LogP contribution is 2.25. The van der Waals surface area contributed by atoms with E-state index < -0.39 is 5.97 Å². The first-order valence-corrected chi connectivity index (χ1v) is 6.68. The summed E-state index contributed by atoms with van der Waals surface area (Å²) in [5.74, 6) is -0.0797. The number of anilines is 3. The molecule has 0 saturated carbocycles. The number of pyridine rings is 1. The maximum atomic E-state index is 11.5. The van der Waals surface area contributed by atoms with E-state index in [1.807, 2.05) is 25.1 Å². The van der Waals surface area contributed by atoms with Crippen molar-refractivity contribution in [3.63, 3.8) is 0 Å². The van der Waals surface area contributed by atoms with Gasteiger partial charge in [-0.15, -0.1) is 0 Å². The summed E-state index contributed by atoms with van der Waals surface area (Å²) in [6, 6.07) is 8.99. The quantitative estimate of drug-likeness (QED) is 0.842. The van der Waals surface area contributed by atoms with Crippen LogP contribution in [0.5, 0.6) is 0 Å². The number of benzene rings is 1. The molecule has 0 atom stereocenters. The Morgan fingerprint density at radius 2 is 2.10 bits per heavy atom. The zero-order valence-corrected chi connectivity index (χ0v) is 12.7. The average Bonchev–Trinajstić information content (AvgIpc) is 2.39. The number of nitrogens with two attached hydrogens (primary N) is 1. The fraction of sp³-hybridized carbons (Fsp3) is 0.143. The van der Waals surface area contributed by atoms with Gasteiger partial charge < -0.3 is 15.8 Å². The second kappa shape index (κ2) is 5.92. The van der Waals surface area contributed by atoms with E-state index in [4.69, 9.17) is 5.73 Å². The molecule has 1 aromatic carbocycles. The average molecular weight is 336 g/mol. The number of nitrogens with one attached hydrogen (secondary N) is 1. The monoisotopic (exact) mass is 335 g/mol. The van der Waals surface area contributed by atoms with Crippen molar-refractivity contribution >= 4 is 39.1 Å². The molecular formula is C14H14BrN3O2. The lowest BCUT2D eigenvalue weighted by atomic mass is 10.2. The molecular weight excluding hydrogens is 322 g/mol. The summed E-state index contributed by atoms with van der Waals surface area (Å²) >= 11 is 3.43. The van der Waals surface area contributed by atoms with Gasteiger partial charge >= 0.3 is 5.97 Å². The van der Waals surface area contributed by atoms with Gasteiger partial charge in [0.1, 0.15) is 0 Å². The first kappa shape index (κ1) is 14.3. The van der Waals surface area contributed by atoms with Crippen LogP contribution >= 0.6 is 15.9 Å². The van der Waals surface area contributed by atoms with Gasteiger partial charge in [0.05, 0.1) is 12.8 Å². The molecule has 6 heteroatoms. The number of aromatic nitrogens is 1. The first-order chi connectivity index (χ1) is 9.49. The van der Waals surface area contributed by atoms with E-state index in [1.165, 1.54) is 13.2 Å². The number of rotatable bonds is 3. The Labute approximate surface area is 125 Å². The molecule has 2 aromatic rings. The van der Waals surface area contributed by atoms with E-state index in [-0.39, 0.29) is 5.69 Å². The molecule has 0 saturated heterocycles. The van der Waals surface area contributed by atoms with Gasteiger partial charge in [0.15, 0.2) is 11.5 Å². The van der Waals surface area contributed by atoms with Gasteiger partial charge in [0.25, 0.3) is 0 Å². The number of hydrogen-bond donors (Lipinski definition) is 2. The van der Waals surface area contributed by atoms with E-state index in [1.54, 1.807) is 6.07 Å². The number of hydrogen-bond acceptors (Lipinski definition) is 5. The van der Waals surface area contributed by atoms with Gasteiger partial charge in [0.2, 0.25) is 0 Å². The van der Waals surface area contributed by atoms with Gasteiger partial charge in [-0.1, -0.05) is 15.9 Å². The zero-order chi connectivity index (χ0) is 14.7. The maximum Gasteiger partial charge on any atom is 0.356 e. The minimum Gasteiger partial charge on any atom is -0.464 e. The Hall–Kier alpha value is -2.08. The van der Waals surface area contributed by atoms with E-state index in [0.29, 0.717) is 11.5 Å². The number of nitrogens with zero attached hydrogens (tertiary/aromatic N) is 1. The molecule has 5 nitrogen and oxygen atoms in total. The molecule has 1 heterocycles. The van der Waals surface area contributed by atoms with E-state index in [9.17, 15) is 4.79 Å². The minimum atomic E-state index is -0.501. The van der Waals surface area contributed by atoms with Crippen LogP contribution in [0.4, 0.5) is 17.2 Å². The van der Waals surface area contributed by atoms with Crippen LogP contribution in [0.2, 0.25) is 0 Å². The predicted octanol–water partition coefficient (Wildman–Crippen LogP) is 3.26. The molecule has 2 rings (SSSR count). The highest BCUT2D eigenvalue weighted by molar-refractivity contribution is 9.10.